The molecule has 2 heterocycles. The monoisotopic (exact) mass is 710 g/mol. The van der Waals surface area contributed by atoms with Crippen molar-refractivity contribution in [1.82, 2.24) is 9.62 Å². The molecule has 2 amide bonds. The predicted molar refractivity (Wildman–Crippen MR) is 184 cm³/mol. The Kier molecular flexibility index (Phi) is 12.5. The van der Waals surface area contributed by atoms with Gasteiger partial charge in [-0.15, -0.1) is 0 Å². The number of nitrogens with zero attached hydrogens (tertiary/aromatic N) is 1. The lowest BCUT2D eigenvalue weighted by molar-refractivity contribution is -0.146. The molecule has 0 saturated carbocycles. The number of methoxy groups -OCH3 is 1. The van der Waals surface area contributed by atoms with E-state index < -0.39 is 22.2 Å². The first-order chi connectivity index (χ1) is 24.2. The summed E-state index contributed by atoms with van der Waals surface area (Å²) in [5.74, 6) is 0.862. The quantitative estimate of drug-likeness (QED) is 0.119. The van der Waals surface area contributed by atoms with Crippen molar-refractivity contribution in [1.29, 1.82) is 0 Å². The van der Waals surface area contributed by atoms with Crippen molar-refractivity contribution in [3.05, 3.63) is 84.1 Å². The number of carbonyl (C=O) groups excluding carboxylic acids is 2. The molecule has 3 aromatic rings. The lowest BCUT2D eigenvalue weighted by Gasteiger charge is -2.30. The number of benzene rings is 3. The van der Waals surface area contributed by atoms with Crippen LogP contribution in [-0.4, -0.2) is 82.7 Å². The fraction of sp³-hybridized carbons (Fsp3) is 0.371. The Morgan fingerprint density at radius 2 is 1.80 bits per heavy atom. The molecule has 15 heteroatoms. The number of amides is 2. The number of nitrogen functional groups attached to an aromatic ring is 1. The highest BCUT2D eigenvalue weighted by Gasteiger charge is 2.31. The first-order valence-electron chi connectivity index (χ1n) is 16.2. The Morgan fingerprint density at radius 1 is 1.02 bits per heavy atom. The number of nitrogens with two attached hydrogens (primary N) is 1. The van der Waals surface area contributed by atoms with Gasteiger partial charge in [0.05, 0.1) is 36.6 Å². The Morgan fingerprint density at radius 3 is 2.56 bits per heavy atom. The van der Waals surface area contributed by atoms with Crippen LogP contribution in [0.1, 0.15) is 37.2 Å². The SMILES string of the molecule is COc1ccc(S(=O)(=O)N(CCO)CCO[C@H]2C[C@@H](c3ccc4c(c3)OCO4)C=C(C(=O)NCCCCC(=O)Nc3ccccc3N)O2)cc1. The van der Waals surface area contributed by atoms with Crippen molar-refractivity contribution in [3.63, 3.8) is 0 Å². The van der Waals surface area contributed by atoms with Gasteiger partial charge in [0, 0.05) is 38.4 Å². The van der Waals surface area contributed by atoms with E-state index >= 15 is 0 Å². The topological polar surface area (TPSA) is 188 Å². The molecule has 268 valence electrons. The number of nitrogens with one attached hydrogen (secondary N) is 2. The number of fused-ring (bicyclic) bond motifs is 1. The molecule has 3 aromatic carbocycles. The largest absolute Gasteiger partial charge is 0.497 e. The molecule has 0 bridgehead atoms. The van der Waals surface area contributed by atoms with E-state index in [1.807, 2.05) is 12.1 Å². The molecule has 50 heavy (non-hydrogen) atoms. The van der Waals surface area contributed by atoms with Crippen molar-refractivity contribution in [2.75, 3.05) is 57.8 Å². The third-order valence-electron chi connectivity index (χ3n) is 8.15. The van der Waals surface area contributed by atoms with Crippen molar-refractivity contribution < 1.29 is 46.8 Å². The number of hydrogen-bond donors (Lipinski definition) is 4. The van der Waals surface area contributed by atoms with Gasteiger partial charge in [0.1, 0.15) is 5.75 Å². The zero-order valence-corrected chi connectivity index (χ0v) is 28.5. The van der Waals surface area contributed by atoms with Crippen LogP contribution in [0.2, 0.25) is 0 Å². The number of hydrogen-bond acceptors (Lipinski definition) is 11. The van der Waals surface area contributed by atoms with Gasteiger partial charge < -0.3 is 45.2 Å². The predicted octanol–water partition coefficient (Wildman–Crippen LogP) is 3.35. The van der Waals surface area contributed by atoms with Crippen molar-refractivity contribution in [3.8, 4) is 17.2 Å². The van der Waals surface area contributed by atoms with E-state index in [1.165, 1.54) is 19.2 Å². The van der Waals surface area contributed by atoms with Crippen LogP contribution in [0.25, 0.3) is 0 Å². The summed E-state index contributed by atoms with van der Waals surface area (Å²) < 4.78 is 55.9. The normalized spacial score (nSPS) is 16.7. The summed E-state index contributed by atoms with van der Waals surface area (Å²) in [4.78, 5) is 25.6. The number of ether oxygens (including phenoxy) is 5. The van der Waals surface area contributed by atoms with Gasteiger partial charge in [0.15, 0.2) is 17.3 Å². The molecule has 14 nitrogen and oxygen atoms in total. The van der Waals surface area contributed by atoms with Gasteiger partial charge in [0.2, 0.25) is 29.0 Å². The van der Waals surface area contributed by atoms with E-state index in [1.54, 1.807) is 48.5 Å². The molecule has 0 unspecified atom stereocenters. The zero-order chi connectivity index (χ0) is 35.5. The average Bonchev–Trinajstić information content (AvgIpc) is 3.60. The summed E-state index contributed by atoms with van der Waals surface area (Å²) in [5.41, 5.74) is 7.78. The van der Waals surface area contributed by atoms with Gasteiger partial charge >= 0.3 is 0 Å². The van der Waals surface area contributed by atoms with Crippen molar-refractivity contribution in [2.45, 2.75) is 42.8 Å². The summed E-state index contributed by atoms with van der Waals surface area (Å²) in [6.45, 7) is -0.245. The standard InChI is InChI=1S/C35H42N4O10S/c1-45-26-10-12-27(13-11-26)50(43,44)39(16-18-40)17-19-46-34-22-25(24-9-14-30-31(20-24)48-23-47-30)21-32(49-34)35(42)37-15-5-4-8-33(41)38-29-7-3-2-6-28(29)36/h2-3,6-7,9-14,20-21,25,34,40H,4-5,8,15-19,22-23,36H2,1H3,(H,37,42)(H,38,41)/t25-,34+/m0/s1. The molecule has 0 saturated heterocycles. The molecule has 2 aliphatic heterocycles. The number of allylic oxidation sites excluding steroid dienone is 1. The highest BCUT2D eigenvalue weighted by molar-refractivity contribution is 7.89. The maximum atomic E-state index is 13.3. The lowest BCUT2D eigenvalue weighted by atomic mass is 9.92. The smallest absolute Gasteiger partial charge is 0.286 e. The van der Waals surface area contributed by atoms with E-state index in [2.05, 4.69) is 10.6 Å². The fourth-order valence-corrected chi connectivity index (χ4v) is 6.88. The Labute approximate surface area is 291 Å². The molecule has 0 aromatic heterocycles. The van der Waals surface area contributed by atoms with E-state index in [-0.39, 0.29) is 62.0 Å². The first-order valence-corrected chi connectivity index (χ1v) is 17.7. The Balaban J connectivity index is 1.19. The fourth-order valence-electron chi connectivity index (χ4n) is 5.46. The van der Waals surface area contributed by atoms with Gasteiger partial charge in [-0.2, -0.15) is 4.31 Å². The molecular formula is C35H42N4O10S. The van der Waals surface area contributed by atoms with Crippen LogP contribution in [0.15, 0.2) is 83.5 Å². The number of para-hydroxylation sites is 2. The molecular weight excluding hydrogens is 668 g/mol. The number of aliphatic hydroxyl groups is 1. The van der Waals surface area contributed by atoms with Crippen LogP contribution < -0.4 is 30.6 Å². The summed E-state index contributed by atoms with van der Waals surface area (Å²) in [7, 11) is -2.46. The minimum absolute atomic E-state index is 0.0481. The maximum Gasteiger partial charge on any atom is 0.286 e. The van der Waals surface area contributed by atoms with Gasteiger partial charge in [-0.3, -0.25) is 9.59 Å². The second kappa shape index (κ2) is 17.2. The Bertz CT molecular complexity index is 1770. The highest BCUT2D eigenvalue weighted by atomic mass is 32.2. The van der Waals surface area contributed by atoms with Crippen molar-refractivity contribution >= 4 is 33.2 Å². The average molecular weight is 711 g/mol. The van der Waals surface area contributed by atoms with Crippen LogP contribution in [-0.2, 0) is 29.1 Å². The van der Waals surface area contributed by atoms with Crippen LogP contribution >= 0.6 is 0 Å². The maximum absolute atomic E-state index is 13.3. The van der Waals surface area contributed by atoms with Gasteiger partial charge in [-0.25, -0.2) is 8.42 Å². The van der Waals surface area contributed by atoms with Gasteiger partial charge in [0.25, 0.3) is 5.91 Å². The molecule has 0 radical (unpaired) electrons. The number of sulfonamides is 1. The highest BCUT2D eigenvalue weighted by Crippen LogP contribution is 2.38. The molecule has 2 atom stereocenters. The number of rotatable bonds is 17. The number of anilines is 2. The second-order valence-electron chi connectivity index (χ2n) is 11.6. The van der Waals surface area contributed by atoms with Gasteiger partial charge in [-0.1, -0.05) is 18.2 Å². The van der Waals surface area contributed by atoms with E-state index in [4.69, 9.17) is 29.4 Å². The molecule has 0 fully saturated rings. The number of carbonyl (C=O) groups is 2. The molecule has 0 spiro atoms. The number of aliphatic hydroxyl groups excluding tert-OH is 1. The minimum atomic E-state index is -3.95. The third-order valence-corrected chi connectivity index (χ3v) is 10.1. The number of unbranched alkanes of at least 4 members (excludes halogenated alkanes) is 1. The molecule has 2 aliphatic rings. The molecule has 0 aliphatic carbocycles. The summed E-state index contributed by atoms with van der Waals surface area (Å²) in [5, 5.41) is 15.3. The Hall–Kier alpha value is -4.83. The molecule has 5 N–H and O–H groups in total. The minimum Gasteiger partial charge on any atom is -0.497 e. The first kappa shape index (κ1) is 36.5. The third kappa shape index (κ3) is 9.44. The lowest BCUT2D eigenvalue weighted by Crippen LogP contribution is -2.38. The summed E-state index contributed by atoms with van der Waals surface area (Å²) >= 11 is 0. The van der Waals surface area contributed by atoms with Crippen LogP contribution in [0.4, 0.5) is 11.4 Å². The zero-order valence-electron chi connectivity index (χ0n) is 27.7. The summed E-state index contributed by atoms with van der Waals surface area (Å²) in [6, 6.07) is 18.5. The summed E-state index contributed by atoms with van der Waals surface area (Å²) in [6.07, 6.45) is 2.51. The van der Waals surface area contributed by atoms with E-state index in [0.717, 1.165) is 9.87 Å². The van der Waals surface area contributed by atoms with Crippen LogP contribution in [0.5, 0.6) is 17.2 Å². The second-order valence-corrected chi connectivity index (χ2v) is 13.5. The van der Waals surface area contributed by atoms with Crippen molar-refractivity contribution in [2.24, 2.45) is 0 Å². The van der Waals surface area contributed by atoms with Crippen LogP contribution in [0.3, 0.4) is 0 Å². The van der Waals surface area contributed by atoms with E-state index in [0.29, 0.717) is 54.4 Å². The van der Waals surface area contributed by atoms with E-state index in [9.17, 15) is 23.1 Å². The van der Waals surface area contributed by atoms with Gasteiger partial charge in [-0.05, 0) is 73.0 Å². The van der Waals surface area contributed by atoms with Crippen LogP contribution in [0, 0.1) is 0 Å². The molecule has 5 rings (SSSR count).